The lowest BCUT2D eigenvalue weighted by Crippen LogP contribution is -2.51. The van der Waals surface area contributed by atoms with E-state index in [1.165, 1.54) is 18.2 Å². The highest BCUT2D eigenvalue weighted by molar-refractivity contribution is 7.89. The molecular weight excluding hydrogens is 436 g/mol. The van der Waals surface area contributed by atoms with Gasteiger partial charge in [-0.15, -0.1) is 0 Å². The first-order chi connectivity index (χ1) is 15.0. The Bertz CT molecular complexity index is 1170. The third-order valence-corrected chi connectivity index (χ3v) is 7.51. The predicted molar refractivity (Wildman–Crippen MR) is 116 cm³/mol. The molecule has 0 aromatic heterocycles. The highest BCUT2D eigenvalue weighted by Gasteiger charge is 2.40. The molecule has 1 unspecified atom stereocenters. The van der Waals surface area contributed by atoms with Gasteiger partial charge in [-0.25, -0.2) is 8.42 Å². The molecule has 1 atom stereocenters. The van der Waals surface area contributed by atoms with E-state index in [9.17, 15) is 28.1 Å². The largest absolute Gasteiger partial charge is 0.271 e. The first kappa shape index (κ1) is 23.4. The summed E-state index contributed by atoms with van der Waals surface area (Å²) >= 11 is 0. The molecule has 0 radical (unpaired) electrons. The molecule has 2 N–H and O–H groups in total. The first-order valence-electron chi connectivity index (χ1n) is 9.96. The fourth-order valence-corrected chi connectivity index (χ4v) is 6.09. The lowest BCUT2D eigenvalue weighted by atomic mass is 10.1. The molecule has 0 spiro atoms. The summed E-state index contributed by atoms with van der Waals surface area (Å²) in [5.74, 6) is -1.42. The second-order valence-electron chi connectivity index (χ2n) is 7.75. The number of nitro benzene ring substituents is 1. The fourth-order valence-electron chi connectivity index (χ4n) is 4.02. The van der Waals surface area contributed by atoms with E-state index >= 15 is 0 Å². The van der Waals surface area contributed by atoms with Crippen LogP contribution in [-0.4, -0.2) is 42.0 Å². The minimum Gasteiger partial charge on any atom is -0.271 e. The van der Waals surface area contributed by atoms with Gasteiger partial charge in [-0.3, -0.25) is 30.6 Å². The van der Waals surface area contributed by atoms with Gasteiger partial charge in [-0.2, -0.15) is 4.31 Å². The van der Waals surface area contributed by atoms with Crippen LogP contribution in [0.4, 0.5) is 5.69 Å². The smallest absolute Gasteiger partial charge is 0.270 e. The minimum absolute atomic E-state index is 0.0127. The standard InChI is InChI=1S/C21H24N4O6S/c1-13-10-14(2)19(15(3)11-13)32(30,31)24-9-5-8-18(24)21(27)23-22-20(26)16-6-4-7-17(12-16)25(28)29/h4,6-7,10-12,18H,5,8-9H2,1-3H3,(H,22,26)(H,23,27). The average Bonchev–Trinajstić information content (AvgIpc) is 3.22. The maximum Gasteiger partial charge on any atom is 0.270 e. The molecule has 3 rings (SSSR count). The Hall–Kier alpha value is -3.31. The van der Waals surface area contributed by atoms with E-state index in [1.54, 1.807) is 26.0 Å². The van der Waals surface area contributed by atoms with Gasteiger partial charge < -0.3 is 0 Å². The third-order valence-electron chi connectivity index (χ3n) is 5.30. The summed E-state index contributed by atoms with van der Waals surface area (Å²) in [5, 5.41) is 10.9. The van der Waals surface area contributed by atoms with Crippen molar-refractivity contribution in [3.8, 4) is 0 Å². The van der Waals surface area contributed by atoms with E-state index < -0.39 is 32.8 Å². The number of amides is 2. The van der Waals surface area contributed by atoms with Crippen molar-refractivity contribution in [3.63, 3.8) is 0 Å². The van der Waals surface area contributed by atoms with Gasteiger partial charge in [0.25, 0.3) is 17.5 Å². The monoisotopic (exact) mass is 460 g/mol. The highest BCUT2D eigenvalue weighted by Crippen LogP contribution is 2.30. The van der Waals surface area contributed by atoms with Crippen molar-refractivity contribution in [3.05, 3.63) is 68.8 Å². The molecule has 1 aliphatic heterocycles. The van der Waals surface area contributed by atoms with Crippen LogP contribution in [0.1, 0.15) is 39.9 Å². The minimum atomic E-state index is -3.93. The van der Waals surface area contributed by atoms with Gasteiger partial charge in [-0.1, -0.05) is 23.8 Å². The normalized spacial score (nSPS) is 16.5. The second kappa shape index (κ2) is 9.05. The molecule has 1 aliphatic rings. The quantitative estimate of drug-likeness (QED) is 0.518. The van der Waals surface area contributed by atoms with E-state index in [2.05, 4.69) is 10.9 Å². The van der Waals surface area contributed by atoms with E-state index in [0.29, 0.717) is 24.0 Å². The van der Waals surface area contributed by atoms with Crippen LogP contribution in [-0.2, 0) is 14.8 Å². The predicted octanol–water partition coefficient (Wildman–Crippen LogP) is 2.13. The van der Waals surface area contributed by atoms with Crippen LogP contribution in [0.3, 0.4) is 0 Å². The van der Waals surface area contributed by atoms with Gasteiger partial charge >= 0.3 is 0 Å². The van der Waals surface area contributed by atoms with Gasteiger partial charge in [0.1, 0.15) is 6.04 Å². The van der Waals surface area contributed by atoms with Crippen molar-refractivity contribution in [1.29, 1.82) is 0 Å². The second-order valence-corrected chi connectivity index (χ2v) is 9.58. The zero-order chi connectivity index (χ0) is 23.6. The van der Waals surface area contributed by atoms with Crippen LogP contribution in [0.5, 0.6) is 0 Å². The van der Waals surface area contributed by atoms with Gasteiger partial charge in [0.2, 0.25) is 10.0 Å². The molecule has 32 heavy (non-hydrogen) atoms. The summed E-state index contributed by atoms with van der Waals surface area (Å²) in [7, 11) is -3.93. The number of carbonyl (C=O) groups is 2. The molecule has 0 aliphatic carbocycles. The molecule has 2 aromatic carbocycles. The number of carbonyl (C=O) groups excluding carboxylic acids is 2. The van der Waals surface area contributed by atoms with Crippen LogP contribution in [0, 0.1) is 30.9 Å². The maximum atomic E-state index is 13.4. The molecule has 10 nitrogen and oxygen atoms in total. The Balaban J connectivity index is 1.75. The van der Waals surface area contributed by atoms with Gasteiger partial charge in [0, 0.05) is 24.2 Å². The molecule has 11 heteroatoms. The number of nitro groups is 1. The molecule has 1 fully saturated rings. The summed E-state index contributed by atoms with van der Waals surface area (Å²) in [6, 6.07) is 7.62. The number of hydrogen-bond donors (Lipinski definition) is 2. The van der Waals surface area contributed by atoms with Crippen molar-refractivity contribution in [1.82, 2.24) is 15.2 Å². The lowest BCUT2D eigenvalue weighted by Gasteiger charge is -2.25. The van der Waals surface area contributed by atoms with Crippen LogP contribution >= 0.6 is 0 Å². The number of aryl methyl sites for hydroxylation is 3. The molecule has 170 valence electrons. The number of nitrogens with zero attached hydrogens (tertiary/aromatic N) is 2. The number of nitrogens with one attached hydrogen (secondary N) is 2. The summed E-state index contributed by atoms with van der Waals surface area (Å²) in [5.41, 5.74) is 6.33. The maximum absolute atomic E-state index is 13.4. The number of non-ortho nitro benzene ring substituents is 1. The topological polar surface area (TPSA) is 139 Å². The van der Waals surface area contributed by atoms with Crippen molar-refractivity contribution in [2.24, 2.45) is 0 Å². The molecule has 2 aromatic rings. The van der Waals surface area contributed by atoms with Gasteiger partial charge in [-0.05, 0) is 50.8 Å². The van der Waals surface area contributed by atoms with Gasteiger partial charge in [0.15, 0.2) is 0 Å². The van der Waals surface area contributed by atoms with Crippen molar-refractivity contribution in [2.75, 3.05) is 6.54 Å². The van der Waals surface area contributed by atoms with Crippen LogP contribution in [0.25, 0.3) is 0 Å². The summed E-state index contributed by atoms with van der Waals surface area (Å²) in [6.45, 7) is 5.51. The number of rotatable bonds is 5. The van der Waals surface area contributed by atoms with Crippen LogP contribution in [0.15, 0.2) is 41.3 Å². The molecule has 0 bridgehead atoms. The van der Waals surface area contributed by atoms with Gasteiger partial charge in [0.05, 0.1) is 9.82 Å². The highest BCUT2D eigenvalue weighted by atomic mass is 32.2. The SMILES string of the molecule is Cc1cc(C)c(S(=O)(=O)N2CCCC2C(=O)NNC(=O)c2cccc([N+](=O)[O-])c2)c(C)c1. The van der Waals surface area contributed by atoms with Crippen LogP contribution in [0.2, 0.25) is 0 Å². The summed E-state index contributed by atoms with van der Waals surface area (Å²) in [4.78, 5) is 35.4. The van der Waals surface area contributed by atoms with E-state index in [-0.39, 0.29) is 22.7 Å². The average molecular weight is 461 g/mol. The molecule has 1 saturated heterocycles. The number of sulfonamides is 1. The van der Waals surface area contributed by atoms with Crippen molar-refractivity contribution >= 4 is 27.5 Å². The Kier molecular flexibility index (Phi) is 6.60. The van der Waals surface area contributed by atoms with E-state index in [4.69, 9.17) is 0 Å². The Morgan fingerprint density at radius 3 is 2.38 bits per heavy atom. The zero-order valence-corrected chi connectivity index (χ0v) is 18.7. The lowest BCUT2D eigenvalue weighted by molar-refractivity contribution is -0.384. The summed E-state index contributed by atoms with van der Waals surface area (Å²) < 4.78 is 27.9. The molecular formula is C21H24N4O6S. The number of hydrazine groups is 1. The van der Waals surface area contributed by atoms with Crippen molar-refractivity contribution in [2.45, 2.75) is 44.6 Å². The van der Waals surface area contributed by atoms with E-state index in [0.717, 1.165) is 15.9 Å². The summed E-state index contributed by atoms with van der Waals surface area (Å²) in [6.07, 6.45) is 0.807. The Labute approximate surface area is 185 Å². The van der Waals surface area contributed by atoms with Crippen LogP contribution < -0.4 is 10.9 Å². The Morgan fingerprint density at radius 2 is 1.75 bits per heavy atom. The molecule has 0 saturated carbocycles. The molecule has 1 heterocycles. The first-order valence-corrected chi connectivity index (χ1v) is 11.4. The Morgan fingerprint density at radius 1 is 1.09 bits per heavy atom. The number of benzene rings is 2. The number of hydrogen-bond acceptors (Lipinski definition) is 6. The molecule has 2 amide bonds. The fraction of sp³-hybridized carbons (Fsp3) is 0.333. The van der Waals surface area contributed by atoms with Crippen molar-refractivity contribution < 1.29 is 22.9 Å². The zero-order valence-electron chi connectivity index (χ0n) is 17.9. The third kappa shape index (κ3) is 4.63. The van der Waals surface area contributed by atoms with E-state index in [1.807, 2.05) is 6.92 Å².